The van der Waals surface area contributed by atoms with Crippen LogP contribution in [0.5, 0.6) is 23.0 Å². The molecule has 1 heterocycles. The molecule has 31 heavy (non-hydrogen) atoms. The fraction of sp³-hybridized carbons (Fsp3) is 0.286. The standard InChI is InChI=1S/C21H22IN3O6/c1-3-28-18-8-13(7-15(22)20(18)29-4-2)10-24-25-19(26)11-23-21(27)14-5-6-16-17(9-14)31-12-30-16/h5-10H,3-4,11-12H2,1-2H3,(H,23,27)(H,25,26)/b24-10+. The molecule has 0 bridgehead atoms. The monoisotopic (exact) mass is 539 g/mol. The molecule has 2 N–H and O–H groups in total. The summed E-state index contributed by atoms with van der Waals surface area (Å²) in [5.41, 5.74) is 3.49. The predicted molar refractivity (Wildman–Crippen MR) is 122 cm³/mol. The van der Waals surface area contributed by atoms with Crippen LogP contribution in [0.3, 0.4) is 0 Å². The summed E-state index contributed by atoms with van der Waals surface area (Å²) >= 11 is 2.16. The molecule has 10 heteroatoms. The maximum absolute atomic E-state index is 12.2. The second-order valence-corrected chi connectivity index (χ2v) is 7.40. The van der Waals surface area contributed by atoms with E-state index in [1.165, 1.54) is 6.21 Å². The predicted octanol–water partition coefficient (Wildman–Crippen LogP) is 2.70. The second kappa shape index (κ2) is 10.8. The van der Waals surface area contributed by atoms with Crippen LogP contribution in [0.2, 0.25) is 0 Å². The van der Waals surface area contributed by atoms with Gasteiger partial charge in [0.05, 0.1) is 29.5 Å². The Kier molecular flexibility index (Phi) is 7.93. The van der Waals surface area contributed by atoms with E-state index in [1.54, 1.807) is 24.3 Å². The average molecular weight is 539 g/mol. The quantitative estimate of drug-likeness (QED) is 0.289. The van der Waals surface area contributed by atoms with Crippen molar-refractivity contribution in [3.05, 3.63) is 45.0 Å². The van der Waals surface area contributed by atoms with Crippen LogP contribution in [0.15, 0.2) is 35.4 Å². The molecular formula is C21H22IN3O6. The molecule has 2 aromatic rings. The second-order valence-electron chi connectivity index (χ2n) is 6.24. The molecule has 0 saturated heterocycles. The van der Waals surface area contributed by atoms with Crippen molar-refractivity contribution in [1.82, 2.24) is 10.7 Å². The van der Waals surface area contributed by atoms with Gasteiger partial charge in [-0.05, 0) is 72.3 Å². The van der Waals surface area contributed by atoms with E-state index in [0.29, 0.717) is 41.8 Å². The smallest absolute Gasteiger partial charge is 0.259 e. The first kappa shape index (κ1) is 22.7. The van der Waals surface area contributed by atoms with E-state index < -0.39 is 11.8 Å². The zero-order valence-electron chi connectivity index (χ0n) is 17.1. The number of hydrogen-bond donors (Lipinski definition) is 2. The first-order chi connectivity index (χ1) is 15.0. The number of rotatable bonds is 9. The van der Waals surface area contributed by atoms with Crippen LogP contribution in [-0.2, 0) is 4.79 Å². The van der Waals surface area contributed by atoms with Gasteiger partial charge in [-0.25, -0.2) is 5.43 Å². The maximum Gasteiger partial charge on any atom is 0.259 e. The molecule has 2 aromatic carbocycles. The number of benzene rings is 2. The molecule has 0 spiro atoms. The molecule has 0 aromatic heterocycles. The van der Waals surface area contributed by atoms with E-state index >= 15 is 0 Å². The Bertz CT molecular complexity index is 995. The third-order valence-electron chi connectivity index (χ3n) is 4.07. The summed E-state index contributed by atoms with van der Waals surface area (Å²) in [6, 6.07) is 8.47. The van der Waals surface area contributed by atoms with E-state index in [-0.39, 0.29) is 13.3 Å². The number of nitrogens with zero attached hydrogens (tertiary/aromatic N) is 1. The van der Waals surface area contributed by atoms with Gasteiger partial charge in [-0.3, -0.25) is 9.59 Å². The van der Waals surface area contributed by atoms with Gasteiger partial charge in [-0.1, -0.05) is 0 Å². The summed E-state index contributed by atoms with van der Waals surface area (Å²) in [4.78, 5) is 24.2. The van der Waals surface area contributed by atoms with E-state index in [1.807, 2.05) is 19.9 Å². The van der Waals surface area contributed by atoms with E-state index in [0.717, 1.165) is 9.13 Å². The Balaban J connectivity index is 1.53. The summed E-state index contributed by atoms with van der Waals surface area (Å²) in [6.07, 6.45) is 1.50. The van der Waals surface area contributed by atoms with Crippen LogP contribution in [0, 0.1) is 3.57 Å². The van der Waals surface area contributed by atoms with Gasteiger partial charge in [0.2, 0.25) is 6.79 Å². The van der Waals surface area contributed by atoms with Gasteiger partial charge in [0.15, 0.2) is 23.0 Å². The minimum absolute atomic E-state index is 0.125. The summed E-state index contributed by atoms with van der Waals surface area (Å²) in [6.45, 7) is 4.72. The Labute approximate surface area is 193 Å². The van der Waals surface area contributed by atoms with Crippen LogP contribution in [0.25, 0.3) is 0 Å². The lowest BCUT2D eigenvalue weighted by atomic mass is 10.2. The van der Waals surface area contributed by atoms with Gasteiger partial charge < -0.3 is 24.3 Å². The molecule has 3 rings (SSSR count). The van der Waals surface area contributed by atoms with Crippen molar-refractivity contribution < 1.29 is 28.5 Å². The normalized spacial score (nSPS) is 12.0. The number of nitrogens with one attached hydrogen (secondary N) is 2. The first-order valence-electron chi connectivity index (χ1n) is 9.60. The van der Waals surface area contributed by atoms with Gasteiger partial charge in [0.1, 0.15) is 0 Å². The van der Waals surface area contributed by atoms with Gasteiger partial charge in [0.25, 0.3) is 11.8 Å². The Morgan fingerprint density at radius 2 is 1.90 bits per heavy atom. The van der Waals surface area contributed by atoms with Crippen molar-refractivity contribution in [2.45, 2.75) is 13.8 Å². The van der Waals surface area contributed by atoms with Crippen LogP contribution in [0.1, 0.15) is 29.8 Å². The fourth-order valence-corrected chi connectivity index (χ4v) is 3.51. The van der Waals surface area contributed by atoms with E-state index in [4.69, 9.17) is 18.9 Å². The van der Waals surface area contributed by atoms with Gasteiger partial charge in [0, 0.05) is 5.56 Å². The zero-order valence-corrected chi connectivity index (χ0v) is 19.2. The Morgan fingerprint density at radius 1 is 1.13 bits per heavy atom. The molecule has 2 amide bonds. The number of halogens is 1. The Hall–Kier alpha value is -3.02. The molecule has 0 unspecified atom stereocenters. The fourth-order valence-electron chi connectivity index (χ4n) is 2.73. The van der Waals surface area contributed by atoms with Crippen molar-refractivity contribution >= 4 is 40.6 Å². The molecule has 0 atom stereocenters. The van der Waals surface area contributed by atoms with Gasteiger partial charge in [-0.2, -0.15) is 5.10 Å². The van der Waals surface area contributed by atoms with Gasteiger partial charge >= 0.3 is 0 Å². The molecule has 1 aliphatic rings. The largest absolute Gasteiger partial charge is 0.490 e. The zero-order chi connectivity index (χ0) is 22.2. The molecule has 0 saturated carbocycles. The average Bonchev–Trinajstić information content (AvgIpc) is 3.22. The highest BCUT2D eigenvalue weighted by Crippen LogP contribution is 2.34. The van der Waals surface area contributed by atoms with Crippen molar-refractivity contribution in [2.75, 3.05) is 26.6 Å². The van der Waals surface area contributed by atoms with Crippen molar-refractivity contribution in [1.29, 1.82) is 0 Å². The topological polar surface area (TPSA) is 107 Å². The summed E-state index contributed by atoms with van der Waals surface area (Å²) in [7, 11) is 0. The van der Waals surface area contributed by atoms with Crippen LogP contribution in [-0.4, -0.2) is 44.6 Å². The molecule has 1 aliphatic heterocycles. The number of carbonyl (C=O) groups is 2. The van der Waals surface area contributed by atoms with Gasteiger partial charge in [-0.15, -0.1) is 0 Å². The van der Waals surface area contributed by atoms with E-state index in [2.05, 4.69) is 38.4 Å². The van der Waals surface area contributed by atoms with Crippen LogP contribution >= 0.6 is 22.6 Å². The number of carbonyl (C=O) groups excluding carboxylic acids is 2. The number of hydrogen-bond acceptors (Lipinski definition) is 7. The van der Waals surface area contributed by atoms with Crippen molar-refractivity contribution in [3.8, 4) is 23.0 Å². The van der Waals surface area contributed by atoms with Crippen LogP contribution in [0.4, 0.5) is 0 Å². The maximum atomic E-state index is 12.2. The summed E-state index contributed by atoms with van der Waals surface area (Å²) < 4.78 is 22.6. The number of fused-ring (bicyclic) bond motifs is 1. The molecule has 0 aliphatic carbocycles. The highest BCUT2D eigenvalue weighted by Gasteiger charge is 2.16. The van der Waals surface area contributed by atoms with Crippen LogP contribution < -0.4 is 29.7 Å². The summed E-state index contributed by atoms with van der Waals surface area (Å²) in [5, 5.41) is 6.48. The number of amides is 2. The van der Waals surface area contributed by atoms with E-state index in [9.17, 15) is 9.59 Å². The molecule has 164 valence electrons. The lowest BCUT2D eigenvalue weighted by Gasteiger charge is -2.13. The number of ether oxygens (including phenoxy) is 4. The SMILES string of the molecule is CCOc1cc(/C=N/NC(=O)CNC(=O)c2ccc3c(c2)OCO3)cc(I)c1OCC. The van der Waals surface area contributed by atoms with Crippen molar-refractivity contribution in [2.24, 2.45) is 5.10 Å². The summed E-state index contributed by atoms with van der Waals surface area (Å²) in [5.74, 6) is 1.51. The third kappa shape index (κ3) is 6.00. The highest BCUT2D eigenvalue weighted by atomic mass is 127. The molecular weight excluding hydrogens is 517 g/mol. The Morgan fingerprint density at radius 3 is 2.68 bits per heavy atom. The lowest BCUT2D eigenvalue weighted by molar-refractivity contribution is -0.120. The minimum Gasteiger partial charge on any atom is -0.490 e. The lowest BCUT2D eigenvalue weighted by Crippen LogP contribution is -2.34. The first-order valence-corrected chi connectivity index (χ1v) is 10.7. The van der Waals surface area contributed by atoms with Crippen molar-refractivity contribution in [3.63, 3.8) is 0 Å². The highest BCUT2D eigenvalue weighted by molar-refractivity contribution is 14.1. The molecule has 0 radical (unpaired) electrons. The molecule has 9 nitrogen and oxygen atoms in total. The minimum atomic E-state index is -0.462. The number of hydrazone groups is 1. The molecule has 0 fully saturated rings. The third-order valence-corrected chi connectivity index (χ3v) is 4.87.